The largest absolute Gasteiger partial charge is 0.390 e. The van der Waals surface area contributed by atoms with Crippen molar-refractivity contribution in [2.75, 3.05) is 0 Å². The summed E-state index contributed by atoms with van der Waals surface area (Å²) in [7, 11) is 0. The second-order valence-corrected chi connectivity index (χ2v) is 8.85. The topological polar surface area (TPSA) is 36.8 Å². The van der Waals surface area contributed by atoms with Gasteiger partial charge in [-0.15, -0.1) is 0 Å². The van der Waals surface area contributed by atoms with Gasteiger partial charge in [-0.3, -0.25) is 0 Å². The Morgan fingerprint density at radius 1 is 1.05 bits per heavy atom. The summed E-state index contributed by atoms with van der Waals surface area (Å²) in [6.45, 7) is 13.3. The van der Waals surface area contributed by atoms with Crippen molar-refractivity contribution in [1.82, 2.24) is 0 Å². The molecule has 3 N–H and O–H groups in total. The average molecular weight is 285 g/mol. The lowest BCUT2D eigenvalue weighted by Gasteiger charge is -2.36. The van der Waals surface area contributed by atoms with E-state index in [0.29, 0.717) is 11.5 Å². The molecule has 0 amide bonds. The van der Waals surface area contributed by atoms with Gasteiger partial charge in [-0.1, -0.05) is 20.8 Å². The van der Waals surface area contributed by atoms with Crippen molar-refractivity contribution in [3.05, 3.63) is 0 Å². The van der Waals surface area contributed by atoms with Gasteiger partial charge < -0.3 is 10.4 Å². The lowest BCUT2D eigenvalue weighted by molar-refractivity contribution is -0.721. The van der Waals surface area contributed by atoms with Crippen LogP contribution in [-0.4, -0.2) is 22.8 Å². The molecule has 2 nitrogen and oxygen atoms in total. The summed E-state index contributed by atoms with van der Waals surface area (Å²) in [5.41, 5.74) is -0.00617. The molecule has 120 valence electrons. The van der Waals surface area contributed by atoms with Gasteiger partial charge in [0.15, 0.2) is 0 Å². The molecule has 1 saturated carbocycles. The summed E-state index contributed by atoms with van der Waals surface area (Å²) in [5, 5.41) is 12.3. The first-order valence-corrected chi connectivity index (χ1v) is 8.65. The fraction of sp³-hybridized carbons (Fsp3) is 1.00. The molecular weight excluding hydrogens is 246 g/mol. The molecular formula is C18H38NO+. The minimum Gasteiger partial charge on any atom is -0.390 e. The van der Waals surface area contributed by atoms with E-state index in [1.54, 1.807) is 0 Å². The van der Waals surface area contributed by atoms with E-state index in [1.165, 1.54) is 32.1 Å². The van der Waals surface area contributed by atoms with Crippen molar-refractivity contribution in [2.24, 2.45) is 11.3 Å². The smallest absolute Gasteiger partial charge is 0.0861 e. The number of hydrogen-bond acceptors (Lipinski definition) is 1. The van der Waals surface area contributed by atoms with E-state index >= 15 is 0 Å². The van der Waals surface area contributed by atoms with Gasteiger partial charge in [0.1, 0.15) is 0 Å². The van der Waals surface area contributed by atoms with Crippen molar-refractivity contribution in [3.63, 3.8) is 0 Å². The van der Waals surface area contributed by atoms with Crippen LogP contribution in [0.25, 0.3) is 0 Å². The molecule has 0 bridgehead atoms. The van der Waals surface area contributed by atoms with Gasteiger partial charge in [0.25, 0.3) is 0 Å². The zero-order valence-corrected chi connectivity index (χ0v) is 14.7. The first kappa shape index (κ1) is 18.0. The molecule has 0 aromatic rings. The number of rotatable bonds is 6. The minimum atomic E-state index is -0.496. The summed E-state index contributed by atoms with van der Waals surface area (Å²) < 4.78 is 0. The van der Waals surface area contributed by atoms with E-state index in [4.69, 9.17) is 0 Å². The molecule has 0 aromatic carbocycles. The summed E-state index contributed by atoms with van der Waals surface area (Å²) in [6.07, 6.45) is 8.86. The van der Waals surface area contributed by atoms with Gasteiger partial charge in [-0.25, -0.2) is 0 Å². The van der Waals surface area contributed by atoms with Crippen molar-refractivity contribution >= 4 is 0 Å². The minimum absolute atomic E-state index is 0.489. The maximum Gasteiger partial charge on any atom is 0.0861 e. The van der Waals surface area contributed by atoms with Crippen molar-refractivity contribution < 1.29 is 10.4 Å². The van der Waals surface area contributed by atoms with E-state index in [1.807, 2.05) is 13.8 Å². The zero-order chi connectivity index (χ0) is 15.4. The van der Waals surface area contributed by atoms with Crippen LogP contribution in [0, 0.1) is 11.3 Å². The Morgan fingerprint density at radius 3 is 2.05 bits per heavy atom. The van der Waals surface area contributed by atoms with E-state index in [2.05, 4.69) is 33.0 Å². The highest BCUT2D eigenvalue weighted by Crippen LogP contribution is 2.37. The molecule has 1 atom stereocenters. The van der Waals surface area contributed by atoms with Gasteiger partial charge >= 0.3 is 0 Å². The second-order valence-electron chi connectivity index (χ2n) is 8.85. The molecule has 0 unspecified atom stereocenters. The number of quaternary nitrogens is 1. The average Bonchev–Trinajstić information content (AvgIpc) is 2.26. The third kappa shape index (κ3) is 7.08. The van der Waals surface area contributed by atoms with Gasteiger partial charge in [-0.05, 0) is 77.0 Å². The molecule has 0 aromatic heterocycles. The van der Waals surface area contributed by atoms with E-state index in [0.717, 1.165) is 24.8 Å². The Morgan fingerprint density at radius 2 is 1.60 bits per heavy atom. The molecule has 20 heavy (non-hydrogen) atoms. The normalized spacial score (nSPS) is 26.6. The zero-order valence-electron chi connectivity index (χ0n) is 14.7. The maximum absolute atomic E-state index is 9.75. The summed E-state index contributed by atoms with van der Waals surface area (Å²) in [5.74, 6) is 0.914. The Labute approximate surface area is 126 Å². The van der Waals surface area contributed by atoms with Crippen LogP contribution in [0.5, 0.6) is 0 Å². The van der Waals surface area contributed by atoms with Gasteiger partial charge in [0.05, 0.1) is 17.7 Å². The molecule has 1 aliphatic carbocycles. The Balaban J connectivity index is 2.20. The Bertz CT molecular complexity index is 266. The summed E-state index contributed by atoms with van der Waals surface area (Å²) >= 11 is 0. The predicted octanol–water partition coefficient (Wildman–Crippen LogP) is 3.48. The van der Waals surface area contributed by atoms with Gasteiger partial charge in [0, 0.05) is 0 Å². The Kier molecular flexibility index (Phi) is 6.53. The second kappa shape index (κ2) is 7.26. The molecule has 1 rings (SSSR count). The van der Waals surface area contributed by atoms with Crippen molar-refractivity contribution in [1.29, 1.82) is 0 Å². The third-order valence-corrected chi connectivity index (χ3v) is 5.05. The molecule has 0 heterocycles. The molecule has 0 spiro atoms. The number of hydrogen-bond donors (Lipinski definition) is 2. The Hall–Kier alpha value is -0.0800. The van der Waals surface area contributed by atoms with Crippen molar-refractivity contribution in [2.45, 2.75) is 104 Å². The lowest BCUT2D eigenvalue weighted by Crippen LogP contribution is -2.94. The van der Waals surface area contributed by atoms with Crippen LogP contribution in [0.4, 0.5) is 0 Å². The van der Waals surface area contributed by atoms with Crippen LogP contribution < -0.4 is 5.32 Å². The molecule has 0 aliphatic heterocycles. The maximum atomic E-state index is 9.75. The van der Waals surface area contributed by atoms with Crippen LogP contribution in [-0.2, 0) is 0 Å². The fourth-order valence-corrected chi connectivity index (χ4v) is 3.60. The summed E-state index contributed by atoms with van der Waals surface area (Å²) in [4.78, 5) is 0. The van der Waals surface area contributed by atoms with E-state index in [-0.39, 0.29) is 0 Å². The number of nitrogens with two attached hydrogens (primary N) is 1. The van der Waals surface area contributed by atoms with Gasteiger partial charge in [0.2, 0.25) is 0 Å². The van der Waals surface area contributed by atoms with Crippen LogP contribution >= 0.6 is 0 Å². The standard InChI is InChI=1S/C18H37NO/c1-14(8-7-13-18(5,6)20)19-16-11-9-15(10-12-16)17(2,3)4/h14-16,19-20H,7-13H2,1-6H3/p+1/t14-,15?,16?/m0/s1. The number of aliphatic hydroxyl groups is 1. The molecule has 2 heteroatoms. The molecule has 0 radical (unpaired) electrons. The van der Waals surface area contributed by atoms with Crippen molar-refractivity contribution in [3.8, 4) is 0 Å². The first-order chi connectivity index (χ1) is 9.08. The highest BCUT2D eigenvalue weighted by atomic mass is 16.3. The molecule has 1 fully saturated rings. The van der Waals surface area contributed by atoms with Crippen LogP contribution in [0.3, 0.4) is 0 Å². The summed E-state index contributed by atoms with van der Waals surface area (Å²) in [6, 6.07) is 1.54. The molecule has 1 aliphatic rings. The lowest BCUT2D eigenvalue weighted by atomic mass is 9.71. The van der Waals surface area contributed by atoms with E-state index in [9.17, 15) is 5.11 Å². The highest BCUT2D eigenvalue weighted by Gasteiger charge is 2.31. The van der Waals surface area contributed by atoms with Crippen LogP contribution in [0.1, 0.15) is 86.5 Å². The monoisotopic (exact) mass is 284 g/mol. The predicted molar refractivity (Wildman–Crippen MR) is 86.7 cm³/mol. The quantitative estimate of drug-likeness (QED) is 0.770. The highest BCUT2D eigenvalue weighted by molar-refractivity contribution is 4.80. The fourth-order valence-electron chi connectivity index (χ4n) is 3.60. The third-order valence-electron chi connectivity index (χ3n) is 5.05. The SMILES string of the molecule is C[C@@H](CCCC(C)(C)O)[NH2+]C1CCC(C(C)(C)C)CC1. The van der Waals surface area contributed by atoms with Crippen LogP contribution in [0.15, 0.2) is 0 Å². The first-order valence-electron chi connectivity index (χ1n) is 8.65. The van der Waals surface area contributed by atoms with E-state index < -0.39 is 5.60 Å². The van der Waals surface area contributed by atoms with Gasteiger partial charge in [-0.2, -0.15) is 0 Å². The molecule has 0 saturated heterocycles. The van der Waals surface area contributed by atoms with Crippen LogP contribution in [0.2, 0.25) is 0 Å².